The van der Waals surface area contributed by atoms with Crippen molar-refractivity contribution in [2.45, 2.75) is 39.0 Å². The Morgan fingerprint density at radius 2 is 1.79 bits per heavy atom. The maximum absolute atomic E-state index is 12.3. The lowest BCUT2D eigenvalue weighted by Gasteiger charge is -2.13. The van der Waals surface area contributed by atoms with Gasteiger partial charge < -0.3 is 14.8 Å². The smallest absolute Gasteiger partial charge is 0.406 e. The zero-order valence-electron chi connectivity index (χ0n) is 16.1. The van der Waals surface area contributed by atoms with Crippen molar-refractivity contribution in [3.63, 3.8) is 0 Å². The number of para-hydroxylation sites is 1. The highest BCUT2D eigenvalue weighted by molar-refractivity contribution is 8.00. The molecule has 152 valence electrons. The van der Waals surface area contributed by atoms with Gasteiger partial charge in [0, 0.05) is 10.6 Å². The van der Waals surface area contributed by atoms with Crippen LogP contribution in [0.5, 0.6) is 5.75 Å². The zero-order chi connectivity index (χ0) is 21.2. The number of carbonyl (C=O) groups is 1. The van der Waals surface area contributed by atoms with E-state index in [2.05, 4.69) is 14.8 Å². The summed E-state index contributed by atoms with van der Waals surface area (Å²) in [5.41, 5.74) is 1.68. The van der Waals surface area contributed by atoms with Gasteiger partial charge in [-0.2, -0.15) is 0 Å². The highest BCUT2D eigenvalue weighted by atomic mass is 32.2. The van der Waals surface area contributed by atoms with Gasteiger partial charge in [-0.15, -0.1) is 13.2 Å². The topological polar surface area (TPSA) is 50.4 Å². The summed E-state index contributed by atoms with van der Waals surface area (Å²) in [5.74, 6) is -0.586. The Bertz CT molecular complexity index is 808. The molecular formula is C20H23F3N2O2S. The van der Waals surface area contributed by atoms with Crippen LogP contribution in [0.3, 0.4) is 0 Å². The number of allylic oxidation sites excluding steroid dienone is 2. The summed E-state index contributed by atoms with van der Waals surface area (Å²) in [6, 6.07) is 12.4. The largest absolute Gasteiger partial charge is 0.573 e. The minimum Gasteiger partial charge on any atom is -0.406 e. The van der Waals surface area contributed by atoms with Crippen molar-refractivity contribution in [3.8, 4) is 5.75 Å². The predicted molar refractivity (Wildman–Crippen MR) is 107 cm³/mol. The second-order valence-electron chi connectivity index (χ2n) is 5.20. The third-order valence-electron chi connectivity index (χ3n) is 3.23. The summed E-state index contributed by atoms with van der Waals surface area (Å²) in [6.07, 6.45) is -2.97. The van der Waals surface area contributed by atoms with E-state index in [4.69, 9.17) is 0 Å². The molecule has 0 aromatic heterocycles. The van der Waals surface area contributed by atoms with Crippen molar-refractivity contribution in [3.05, 3.63) is 65.9 Å². The van der Waals surface area contributed by atoms with E-state index in [1.54, 1.807) is 43.3 Å². The highest BCUT2D eigenvalue weighted by Crippen LogP contribution is 2.29. The number of alkyl halides is 3. The number of ether oxygens (including phenoxy) is 1. The van der Waals surface area contributed by atoms with E-state index >= 15 is 0 Å². The van der Waals surface area contributed by atoms with E-state index in [1.165, 1.54) is 18.2 Å². The monoisotopic (exact) mass is 412 g/mol. The van der Waals surface area contributed by atoms with Crippen LogP contribution in [-0.2, 0) is 0 Å². The molecule has 0 unspecified atom stereocenters. The maximum atomic E-state index is 12.3. The summed E-state index contributed by atoms with van der Waals surface area (Å²) in [4.78, 5) is 12.8. The molecule has 1 amide bonds. The summed E-state index contributed by atoms with van der Waals surface area (Å²) in [6.45, 7) is 7.58. The lowest BCUT2D eigenvalue weighted by atomic mass is 10.1. The van der Waals surface area contributed by atoms with Crippen molar-refractivity contribution >= 4 is 23.5 Å². The molecule has 0 saturated carbocycles. The van der Waals surface area contributed by atoms with Crippen LogP contribution in [-0.4, -0.2) is 12.3 Å². The van der Waals surface area contributed by atoms with Gasteiger partial charge in [0.25, 0.3) is 5.91 Å². The molecule has 28 heavy (non-hydrogen) atoms. The standard InChI is InChI=1S/C18H17F3N2O2S.C2H6/c1-3-12(2)22-17(24)15-9-4-5-10-16(15)23-26-14-8-6-7-13(11-14)25-18(19,20)21;1-2/h3-11,23H,1-2H3,(H,22,24);1-2H3/b12-3+;. The average molecular weight is 412 g/mol. The van der Waals surface area contributed by atoms with Gasteiger partial charge in [0.05, 0.1) is 11.3 Å². The van der Waals surface area contributed by atoms with Crippen molar-refractivity contribution in [1.29, 1.82) is 0 Å². The van der Waals surface area contributed by atoms with Crippen LogP contribution in [0, 0.1) is 0 Å². The molecule has 0 atom stereocenters. The van der Waals surface area contributed by atoms with E-state index in [0.29, 0.717) is 16.1 Å². The predicted octanol–water partition coefficient (Wildman–Crippen LogP) is 6.38. The fraction of sp³-hybridized carbons (Fsp3) is 0.250. The molecule has 2 N–H and O–H groups in total. The molecule has 2 aromatic rings. The number of carbonyl (C=O) groups excluding carboxylic acids is 1. The molecule has 0 spiro atoms. The Balaban J connectivity index is 0.00000190. The molecule has 4 nitrogen and oxygen atoms in total. The summed E-state index contributed by atoms with van der Waals surface area (Å²) < 4.78 is 43.8. The van der Waals surface area contributed by atoms with Crippen LogP contribution in [0.25, 0.3) is 0 Å². The molecule has 2 aromatic carbocycles. The van der Waals surface area contributed by atoms with Gasteiger partial charge in [-0.1, -0.05) is 38.1 Å². The molecule has 0 radical (unpaired) electrons. The minimum absolute atomic E-state index is 0.279. The van der Waals surface area contributed by atoms with Crippen LogP contribution in [0.1, 0.15) is 38.1 Å². The number of hydrogen-bond acceptors (Lipinski definition) is 4. The van der Waals surface area contributed by atoms with Crippen molar-refractivity contribution in [1.82, 2.24) is 5.32 Å². The Morgan fingerprint density at radius 1 is 1.11 bits per heavy atom. The number of rotatable bonds is 6. The van der Waals surface area contributed by atoms with Gasteiger partial charge in [0.2, 0.25) is 0 Å². The Labute approximate surface area is 167 Å². The second kappa shape index (κ2) is 11.3. The number of nitrogens with one attached hydrogen (secondary N) is 2. The molecule has 0 heterocycles. The molecule has 0 aliphatic heterocycles. The first-order valence-electron chi connectivity index (χ1n) is 8.60. The first-order valence-corrected chi connectivity index (χ1v) is 9.42. The molecule has 0 aliphatic rings. The number of halogens is 3. The van der Waals surface area contributed by atoms with Crippen LogP contribution in [0.2, 0.25) is 0 Å². The number of benzene rings is 2. The summed E-state index contributed by atoms with van der Waals surface area (Å²) >= 11 is 1.08. The average Bonchev–Trinajstić information content (AvgIpc) is 2.67. The van der Waals surface area contributed by atoms with Gasteiger partial charge in [0.15, 0.2) is 0 Å². The van der Waals surface area contributed by atoms with Crippen molar-refractivity contribution < 1.29 is 22.7 Å². The zero-order valence-corrected chi connectivity index (χ0v) is 16.9. The lowest BCUT2D eigenvalue weighted by molar-refractivity contribution is -0.274. The number of amides is 1. The Hall–Kier alpha value is -2.61. The summed E-state index contributed by atoms with van der Waals surface area (Å²) in [7, 11) is 0. The normalized spacial score (nSPS) is 11.2. The second-order valence-corrected chi connectivity index (χ2v) is 6.08. The van der Waals surface area contributed by atoms with E-state index < -0.39 is 6.36 Å². The molecule has 2 rings (SSSR count). The molecular weight excluding hydrogens is 389 g/mol. The lowest BCUT2D eigenvalue weighted by Crippen LogP contribution is -2.22. The third kappa shape index (κ3) is 7.96. The molecule has 0 bridgehead atoms. The van der Waals surface area contributed by atoms with Crippen molar-refractivity contribution in [2.24, 2.45) is 0 Å². The minimum atomic E-state index is -4.74. The van der Waals surface area contributed by atoms with Gasteiger partial charge in [-0.05, 0) is 56.1 Å². The first kappa shape index (κ1) is 23.4. The maximum Gasteiger partial charge on any atom is 0.573 e. The fourth-order valence-corrected chi connectivity index (χ4v) is 2.66. The van der Waals surface area contributed by atoms with Crippen LogP contribution in [0.15, 0.2) is 65.2 Å². The van der Waals surface area contributed by atoms with E-state index in [1.807, 2.05) is 20.8 Å². The quantitative estimate of drug-likeness (QED) is 0.540. The highest BCUT2D eigenvalue weighted by Gasteiger charge is 2.31. The molecule has 8 heteroatoms. The molecule has 0 saturated heterocycles. The molecule has 0 aliphatic carbocycles. The molecule has 0 fully saturated rings. The fourth-order valence-electron chi connectivity index (χ4n) is 1.94. The first-order chi connectivity index (χ1) is 13.3. The Morgan fingerprint density at radius 3 is 2.43 bits per heavy atom. The SMILES string of the molecule is C/C=C(\C)NC(=O)c1ccccc1NSc1cccc(OC(F)(F)F)c1.CC. The summed E-state index contributed by atoms with van der Waals surface area (Å²) in [5, 5.41) is 2.75. The van der Waals surface area contributed by atoms with E-state index in [0.717, 1.165) is 17.6 Å². The van der Waals surface area contributed by atoms with Crippen LogP contribution in [0.4, 0.5) is 18.9 Å². The van der Waals surface area contributed by atoms with E-state index in [9.17, 15) is 18.0 Å². The van der Waals surface area contributed by atoms with E-state index in [-0.39, 0.29) is 11.7 Å². The number of hydrogen-bond donors (Lipinski definition) is 2. The van der Waals surface area contributed by atoms with Gasteiger partial charge in [-0.25, -0.2) is 0 Å². The van der Waals surface area contributed by atoms with Gasteiger partial charge >= 0.3 is 6.36 Å². The number of anilines is 1. The van der Waals surface area contributed by atoms with Crippen LogP contribution >= 0.6 is 11.9 Å². The van der Waals surface area contributed by atoms with Gasteiger partial charge in [0.1, 0.15) is 5.75 Å². The van der Waals surface area contributed by atoms with Crippen LogP contribution < -0.4 is 14.8 Å². The van der Waals surface area contributed by atoms with Gasteiger partial charge in [-0.3, -0.25) is 4.79 Å². The third-order valence-corrected chi connectivity index (χ3v) is 4.04. The Kier molecular flexibility index (Phi) is 9.44. The van der Waals surface area contributed by atoms with Crippen molar-refractivity contribution in [2.75, 3.05) is 4.72 Å².